The molecule has 1 aliphatic heterocycles. The monoisotopic (exact) mass is 1130 g/mol. The van der Waals surface area contributed by atoms with Crippen molar-refractivity contribution < 1.29 is 23.2 Å². The zero-order valence-corrected chi connectivity index (χ0v) is 52.8. The molecule has 2 aromatic carbocycles. The average Bonchev–Trinajstić information content (AvgIpc) is 3.77. The maximum atomic E-state index is 12.3. The number of unbranched alkanes of at least 4 members (excludes halogenated alkanes) is 26. The van der Waals surface area contributed by atoms with Gasteiger partial charge in [-0.15, -0.1) is 23.7 Å². The Morgan fingerprint density at radius 2 is 0.816 bits per heavy atom. The second kappa shape index (κ2) is 48.2. The summed E-state index contributed by atoms with van der Waals surface area (Å²) < 4.78 is 6.21. The van der Waals surface area contributed by atoms with Crippen LogP contribution >= 0.6 is 0 Å². The predicted octanol–water partition coefficient (Wildman–Crippen LogP) is 21.8. The van der Waals surface area contributed by atoms with Crippen LogP contribution in [-0.2, 0) is 31.3 Å². The minimum absolute atomic E-state index is 0.590. The van der Waals surface area contributed by atoms with Gasteiger partial charge in [-0.25, -0.2) is 4.70 Å². The molecule has 5 heteroatoms. The number of nitrogens with zero attached hydrogens (tertiary/aromatic N) is 4. The van der Waals surface area contributed by atoms with Crippen LogP contribution in [0.4, 0.5) is 0 Å². The van der Waals surface area contributed by atoms with Crippen molar-refractivity contribution in [3.05, 3.63) is 88.0 Å². The third-order valence-electron chi connectivity index (χ3n) is 15.9. The normalized spacial score (nSPS) is 13.1. The van der Waals surface area contributed by atoms with Crippen LogP contribution in [0.15, 0.2) is 60.2 Å². The molecule has 2 aromatic rings. The fourth-order valence-corrected chi connectivity index (χ4v) is 11.7. The van der Waals surface area contributed by atoms with E-state index in [2.05, 4.69) is 148 Å². The van der Waals surface area contributed by atoms with Crippen LogP contribution in [-0.4, -0.2) is 38.9 Å². The van der Waals surface area contributed by atoms with Crippen molar-refractivity contribution in [2.75, 3.05) is 27.2 Å². The van der Waals surface area contributed by atoms with Crippen molar-refractivity contribution in [3.8, 4) is 23.7 Å². The van der Waals surface area contributed by atoms with Crippen LogP contribution in [0.3, 0.4) is 0 Å². The molecule has 76 heavy (non-hydrogen) atoms. The Balaban J connectivity index is 0.00000200. The molecule has 1 heterocycles. The summed E-state index contributed by atoms with van der Waals surface area (Å²) in [6.07, 6.45) is 50.7. The molecule has 432 valence electrons. The summed E-state index contributed by atoms with van der Waals surface area (Å²) >= 11 is 0.663. The van der Waals surface area contributed by atoms with E-state index in [1.54, 1.807) is 4.70 Å². The van der Waals surface area contributed by atoms with E-state index in [1.807, 2.05) is 0 Å². The maximum absolute atomic E-state index is 12.3. The summed E-state index contributed by atoms with van der Waals surface area (Å²) in [5, 5.41) is 0. The second-order valence-corrected chi connectivity index (χ2v) is 25.0. The van der Waals surface area contributed by atoms with E-state index in [-0.39, 0.29) is 0 Å². The molecule has 2 atom stereocenters. The Labute approximate surface area is 481 Å². The molecule has 3 rings (SSSR count). The van der Waals surface area contributed by atoms with Crippen LogP contribution in [0.5, 0.6) is 0 Å². The van der Waals surface area contributed by atoms with Gasteiger partial charge in [0, 0.05) is 48.5 Å². The van der Waals surface area contributed by atoms with Crippen molar-refractivity contribution in [3.63, 3.8) is 0 Å². The molecule has 0 spiro atoms. The summed E-state index contributed by atoms with van der Waals surface area (Å²) in [5.74, 6) is 15.4. The second-order valence-electron chi connectivity index (χ2n) is 22.3. The number of benzene rings is 2. The average molecular weight is 1130 g/mol. The first-order chi connectivity index (χ1) is 37.3. The first kappa shape index (κ1) is 69.3. The Morgan fingerprint density at radius 3 is 1.22 bits per heavy atom. The van der Waals surface area contributed by atoms with Crippen molar-refractivity contribution >= 4 is 11.4 Å². The van der Waals surface area contributed by atoms with Crippen LogP contribution < -0.4 is 0 Å². The van der Waals surface area contributed by atoms with Gasteiger partial charge in [-0.2, -0.15) is 0 Å². The van der Waals surface area contributed by atoms with Gasteiger partial charge in [0.1, 0.15) is 0 Å². The van der Waals surface area contributed by atoms with E-state index in [9.17, 15) is 5.53 Å². The summed E-state index contributed by atoms with van der Waals surface area (Å²) in [4.78, 5) is 0. The Bertz CT molecular complexity index is 1930. The molecule has 0 N–H and O–H groups in total. The third-order valence-corrected chi connectivity index (χ3v) is 17.9. The first-order valence-corrected chi connectivity index (χ1v) is 33.7. The van der Waals surface area contributed by atoms with Crippen molar-refractivity contribution in [1.82, 2.24) is 7.07 Å². The minimum atomic E-state index is 0.590. The third kappa shape index (κ3) is 32.3. The van der Waals surface area contributed by atoms with Gasteiger partial charge in [0.2, 0.25) is 11.4 Å². The van der Waals surface area contributed by atoms with Gasteiger partial charge in [-0.1, -0.05) is 238 Å². The van der Waals surface area contributed by atoms with Crippen molar-refractivity contribution in [2.24, 2.45) is 11.8 Å². The van der Waals surface area contributed by atoms with Gasteiger partial charge in [0.15, 0.2) is 0 Å². The zero-order chi connectivity index (χ0) is 55.1. The summed E-state index contributed by atoms with van der Waals surface area (Å²) in [6.45, 7) is 18.2. The van der Waals surface area contributed by atoms with E-state index < -0.39 is 0 Å². The molecule has 0 aliphatic carbocycles. The number of hydrogen-bond donors (Lipinski definition) is 0. The van der Waals surface area contributed by atoms with Gasteiger partial charge in [0.05, 0.1) is 0 Å². The van der Waals surface area contributed by atoms with Gasteiger partial charge in [-0.3, -0.25) is 0 Å². The fourth-order valence-electron chi connectivity index (χ4n) is 10.4. The number of rotatable bonds is 44. The van der Waals surface area contributed by atoms with Crippen molar-refractivity contribution in [2.45, 2.75) is 292 Å². The van der Waals surface area contributed by atoms with E-state index in [0.29, 0.717) is 30.3 Å². The van der Waals surface area contributed by atoms with E-state index in [0.717, 1.165) is 107 Å². The summed E-state index contributed by atoms with van der Waals surface area (Å²) in [7, 11) is 4.31. The molecule has 4 nitrogen and oxygen atoms in total. The van der Waals surface area contributed by atoms with Crippen LogP contribution in [0, 0.1) is 35.5 Å². The number of allylic oxidation sites excluding steroid dienone is 2. The molecule has 0 fully saturated rings. The Kier molecular flexibility index (Phi) is 43.9. The Hall–Kier alpha value is -2.78. The summed E-state index contributed by atoms with van der Waals surface area (Å²) in [6, 6.07) is 17.7. The molecular weight excluding hydrogens is 1020 g/mol. The van der Waals surface area contributed by atoms with E-state index >= 15 is 0 Å². The molecular formula is C71H118N4Pd. The first-order valence-electron chi connectivity index (χ1n) is 32.3. The topological polar surface area (TPSA) is 31.8 Å². The number of aryl methyl sites for hydroxylation is 2. The summed E-state index contributed by atoms with van der Waals surface area (Å²) in [5.41, 5.74) is 20.4. The van der Waals surface area contributed by atoms with Crippen LogP contribution in [0.25, 0.3) is 16.9 Å². The molecule has 0 amide bonds. The molecule has 0 saturated heterocycles. The van der Waals surface area contributed by atoms with Crippen LogP contribution in [0.2, 0.25) is 0 Å². The van der Waals surface area contributed by atoms with Gasteiger partial charge < -0.3 is 5.53 Å². The van der Waals surface area contributed by atoms with E-state index in [4.69, 9.17) is 0 Å². The van der Waals surface area contributed by atoms with Gasteiger partial charge in [-0.05, 0) is 86.5 Å². The standard InChI is InChI=1S/C65H102N2.2C3H8N.Pd/c1-6-11-14-16-18-20-22-24-26-28-30-32-34-36-39-45-57(9-4)52-54-59-47-41-43-50-62(59)64-56-61(49-38-13-8-3)65(67(64)66)63-51-44-42-48-60(63)55-53-58(10-5)46-40-37-35-33-31-29-27-25-23-21-19-17-15-12-7-2;2*1-3-4-2;/h41-44,47-48,50-51,56-58H,6-35,38,45-46,49,52-55H2,1-5H3;2*3H2,1-2H3;/q;2*-1;+2. The molecule has 0 bridgehead atoms. The predicted molar refractivity (Wildman–Crippen MR) is 333 cm³/mol. The quantitative estimate of drug-likeness (QED) is 0.0287. The zero-order valence-electron chi connectivity index (χ0n) is 51.2. The number of hydrogen-bond acceptors (Lipinski definition) is 2. The Morgan fingerprint density at radius 1 is 0.447 bits per heavy atom. The molecule has 1 aliphatic rings. The van der Waals surface area contributed by atoms with E-state index in [1.165, 1.54) is 189 Å². The molecule has 2 unspecified atom stereocenters. The van der Waals surface area contributed by atoms with Crippen LogP contribution in [0.1, 0.15) is 302 Å². The van der Waals surface area contributed by atoms with Crippen molar-refractivity contribution in [1.29, 1.82) is 0 Å². The van der Waals surface area contributed by atoms with Gasteiger partial charge >= 0.3 is 66.6 Å². The fraction of sp³-hybridized carbons (Fsp3) is 0.718. The molecule has 0 saturated carbocycles. The molecule has 0 radical (unpaired) electrons. The molecule has 0 aromatic heterocycles. The SMILES string of the molecule is CCCCCCCCCCCCCCC#CCC(CC)CCc1ccccc1C1=CC(CCCCC)=C(c2ccccc2CCC(CC)CC#CCCCCCCCCCCCCCC)[N+]1=[N-].CC[N](C)[Pd][N](C)CC. The van der Waals surface area contributed by atoms with Gasteiger partial charge in [0.25, 0.3) is 0 Å².